The van der Waals surface area contributed by atoms with Crippen LogP contribution in [0.1, 0.15) is 19.4 Å². The van der Waals surface area contributed by atoms with E-state index in [1.165, 1.54) is 5.56 Å². The van der Waals surface area contributed by atoms with E-state index in [1.807, 2.05) is 6.07 Å². The van der Waals surface area contributed by atoms with Gasteiger partial charge >= 0.3 is 0 Å². The van der Waals surface area contributed by atoms with Crippen LogP contribution in [-0.2, 0) is 5.54 Å². The third kappa shape index (κ3) is 3.10. The fourth-order valence-corrected chi connectivity index (χ4v) is 2.64. The number of rotatable bonds is 3. The predicted octanol–water partition coefficient (Wildman–Crippen LogP) is 1.50. The van der Waals surface area contributed by atoms with Gasteiger partial charge in [-0.1, -0.05) is 30.3 Å². The van der Waals surface area contributed by atoms with Gasteiger partial charge in [-0.2, -0.15) is 0 Å². The summed E-state index contributed by atoms with van der Waals surface area (Å²) in [7, 11) is 2.20. The average molecular weight is 247 g/mol. The minimum atomic E-state index is -0.267. The predicted molar refractivity (Wildman–Crippen MR) is 76.5 cm³/mol. The lowest BCUT2D eigenvalue weighted by Gasteiger charge is -2.41. The lowest BCUT2D eigenvalue weighted by Crippen LogP contribution is -2.55. The van der Waals surface area contributed by atoms with Gasteiger partial charge in [-0.05, 0) is 26.5 Å². The van der Waals surface area contributed by atoms with Gasteiger partial charge in [-0.25, -0.2) is 0 Å². The zero-order valence-electron chi connectivity index (χ0n) is 11.8. The van der Waals surface area contributed by atoms with E-state index in [2.05, 4.69) is 55.0 Å². The van der Waals surface area contributed by atoms with Gasteiger partial charge in [0, 0.05) is 32.2 Å². The van der Waals surface area contributed by atoms with Crippen molar-refractivity contribution in [3.8, 4) is 0 Å². The Balaban J connectivity index is 2.00. The normalized spacial score (nSPS) is 25.9. The standard InChI is InChI=1S/C15H25N3/c1-13-11-18(10-9-17(13)3)12-15(2,16)14-7-5-4-6-8-14/h4-8,13H,9-12,16H2,1-3H3. The van der Waals surface area contributed by atoms with Crippen LogP contribution in [-0.4, -0.2) is 49.1 Å². The topological polar surface area (TPSA) is 32.5 Å². The SMILES string of the molecule is CC1CN(CC(C)(N)c2ccccc2)CCN1C. The molecule has 2 N–H and O–H groups in total. The third-order valence-electron chi connectivity index (χ3n) is 4.03. The summed E-state index contributed by atoms with van der Waals surface area (Å²) in [6, 6.07) is 11.0. The zero-order chi connectivity index (χ0) is 13.2. The molecule has 2 rings (SSSR count). The van der Waals surface area contributed by atoms with Crippen LogP contribution in [0, 0.1) is 0 Å². The summed E-state index contributed by atoms with van der Waals surface area (Å²) in [6.07, 6.45) is 0. The van der Waals surface area contributed by atoms with Crippen molar-refractivity contribution in [2.24, 2.45) is 5.73 Å². The Labute approximate surface area is 111 Å². The minimum Gasteiger partial charge on any atom is -0.321 e. The van der Waals surface area contributed by atoms with E-state index in [0.29, 0.717) is 6.04 Å². The van der Waals surface area contributed by atoms with Crippen LogP contribution < -0.4 is 5.73 Å². The largest absolute Gasteiger partial charge is 0.321 e. The van der Waals surface area contributed by atoms with Gasteiger partial charge in [0.2, 0.25) is 0 Å². The van der Waals surface area contributed by atoms with E-state index >= 15 is 0 Å². The number of nitrogens with two attached hydrogens (primary N) is 1. The molecule has 100 valence electrons. The monoisotopic (exact) mass is 247 g/mol. The van der Waals surface area contributed by atoms with Crippen LogP contribution in [0.4, 0.5) is 0 Å². The van der Waals surface area contributed by atoms with E-state index in [4.69, 9.17) is 5.73 Å². The lowest BCUT2D eigenvalue weighted by molar-refractivity contribution is 0.0883. The molecule has 1 heterocycles. The van der Waals surface area contributed by atoms with Crippen molar-refractivity contribution < 1.29 is 0 Å². The Morgan fingerprint density at radius 3 is 2.56 bits per heavy atom. The van der Waals surface area contributed by atoms with Crippen molar-refractivity contribution in [1.29, 1.82) is 0 Å². The van der Waals surface area contributed by atoms with Gasteiger partial charge in [0.15, 0.2) is 0 Å². The van der Waals surface area contributed by atoms with E-state index in [9.17, 15) is 0 Å². The van der Waals surface area contributed by atoms with Crippen LogP contribution in [0.3, 0.4) is 0 Å². The summed E-state index contributed by atoms with van der Waals surface area (Å²) < 4.78 is 0. The molecule has 18 heavy (non-hydrogen) atoms. The molecule has 0 amide bonds. The van der Waals surface area contributed by atoms with Gasteiger partial charge in [0.1, 0.15) is 0 Å². The van der Waals surface area contributed by atoms with Gasteiger partial charge in [0.25, 0.3) is 0 Å². The van der Waals surface area contributed by atoms with Crippen molar-refractivity contribution in [1.82, 2.24) is 9.80 Å². The molecule has 0 aromatic heterocycles. The molecule has 0 aliphatic carbocycles. The molecule has 1 aliphatic rings. The number of benzene rings is 1. The van der Waals surface area contributed by atoms with Crippen molar-refractivity contribution in [2.75, 3.05) is 33.2 Å². The van der Waals surface area contributed by atoms with Crippen LogP contribution in [0.2, 0.25) is 0 Å². The number of hydrogen-bond acceptors (Lipinski definition) is 3. The lowest BCUT2D eigenvalue weighted by atomic mass is 9.92. The Kier molecular flexibility index (Phi) is 4.05. The van der Waals surface area contributed by atoms with Gasteiger partial charge in [0.05, 0.1) is 5.54 Å². The maximum atomic E-state index is 6.49. The van der Waals surface area contributed by atoms with Crippen molar-refractivity contribution >= 4 is 0 Å². The number of hydrogen-bond donors (Lipinski definition) is 1. The highest BCUT2D eigenvalue weighted by Crippen LogP contribution is 2.20. The first-order valence-electron chi connectivity index (χ1n) is 6.76. The maximum absolute atomic E-state index is 6.49. The van der Waals surface area contributed by atoms with Crippen molar-refractivity contribution in [3.05, 3.63) is 35.9 Å². The summed E-state index contributed by atoms with van der Waals surface area (Å²) in [5.41, 5.74) is 7.45. The Bertz CT molecular complexity index is 375. The fraction of sp³-hybridized carbons (Fsp3) is 0.600. The first-order valence-corrected chi connectivity index (χ1v) is 6.76. The Hall–Kier alpha value is -0.900. The second-order valence-corrected chi connectivity index (χ2v) is 5.85. The van der Waals surface area contributed by atoms with Crippen LogP contribution in [0.5, 0.6) is 0 Å². The van der Waals surface area contributed by atoms with Crippen LogP contribution in [0.15, 0.2) is 30.3 Å². The quantitative estimate of drug-likeness (QED) is 0.878. The van der Waals surface area contributed by atoms with E-state index < -0.39 is 0 Å². The molecule has 3 nitrogen and oxygen atoms in total. The highest BCUT2D eigenvalue weighted by Gasteiger charge is 2.28. The number of likely N-dealkylation sites (N-methyl/N-ethyl adjacent to an activating group) is 1. The second kappa shape index (κ2) is 5.39. The molecular formula is C15H25N3. The Morgan fingerprint density at radius 1 is 1.28 bits per heavy atom. The fourth-order valence-electron chi connectivity index (χ4n) is 2.64. The molecule has 0 saturated carbocycles. The summed E-state index contributed by atoms with van der Waals surface area (Å²) in [4.78, 5) is 4.89. The molecule has 0 radical (unpaired) electrons. The highest BCUT2D eigenvalue weighted by atomic mass is 15.3. The summed E-state index contributed by atoms with van der Waals surface area (Å²) in [5, 5.41) is 0. The molecule has 1 saturated heterocycles. The molecule has 1 aromatic carbocycles. The molecule has 2 atom stereocenters. The molecule has 0 bridgehead atoms. The third-order valence-corrected chi connectivity index (χ3v) is 4.03. The highest BCUT2D eigenvalue weighted by molar-refractivity contribution is 5.23. The molecule has 3 heteroatoms. The van der Waals surface area contributed by atoms with E-state index in [1.54, 1.807) is 0 Å². The molecule has 1 aliphatic heterocycles. The second-order valence-electron chi connectivity index (χ2n) is 5.85. The first kappa shape index (κ1) is 13.5. The Morgan fingerprint density at radius 2 is 1.94 bits per heavy atom. The van der Waals surface area contributed by atoms with E-state index in [0.717, 1.165) is 26.2 Å². The smallest absolute Gasteiger partial charge is 0.0509 e. The molecule has 2 unspecified atom stereocenters. The molecular weight excluding hydrogens is 222 g/mol. The molecule has 0 spiro atoms. The van der Waals surface area contributed by atoms with Crippen LogP contribution in [0.25, 0.3) is 0 Å². The van der Waals surface area contributed by atoms with Gasteiger partial charge in [-0.3, -0.25) is 4.90 Å². The summed E-state index contributed by atoms with van der Waals surface area (Å²) in [5.74, 6) is 0. The average Bonchev–Trinajstić information content (AvgIpc) is 2.35. The van der Waals surface area contributed by atoms with Crippen LogP contribution >= 0.6 is 0 Å². The van der Waals surface area contributed by atoms with Crippen molar-refractivity contribution in [3.63, 3.8) is 0 Å². The molecule has 1 aromatic rings. The van der Waals surface area contributed by atoms with Crippen molar-refractivity contribution in [2.45, 2.75) is 25.4 Å². The maximum Gasteiger partial charge on any atom is 0.0509 e. The first-order chi connectivity index (χ1) is 8.49. The number of piperazine rings is 1. The summed E-state index contributed by atoms with van der Waals surface area (Å²) in [6.45, 7) is 8.69. The zero-order valence-corrected chi connectivity index (χ0v) is 11.8. The number of nitrogens with zero attached hydrogens (tertiary/aromatic N) is 2. The minimum absolute atomic E-state index is 0.267. The summed E-state index contributed by atoms with van der Waals surface area (Å²) >= 11 is 0. The van der Waals surface area contributed by atoms with Gasteiger partial charge in [-0.15, -0.1) is 0 Å². The van der Waals surface area contributed by atoms with Gasteiger partial charge < -0.3 is 10.6 Å². The van der Waals surface area contributed by atoms with E-state index in [-0.39, 0.29) is 5.54 Å². The molecule has 1 fully saturated rings.